The molecule has 0 saturated heterocycles. The minimum Gasteiger partial charge on any atom is -0.472 e. The Hall–Kier alpha value is -1.06. The zero-order chi connectivity index (χ0) is 11.7. The van der Waals surface area contributed by atoms with Crippen LogP contribution in [0, 0.1) is 13.8 Å². The lowest BCUT2D eigenvalue weighted by Gasteiger charge is -2.12. The zero-order valence-electron chi connectivity index (χ0n) is 9.20. The molecule has 0 saturated carbocycles. The van der Waals surface area contributed by atoms with E-state index in [-0.39, 0.29) is 0 Å². The van der Waals surface area contributed by atoms with Crippen molar-refractivity contribution in [3.63, 3.8) is 0 Å². The SMILES string of the molecule is Cc1cc(C(O)c2ccoc2)cc(C)c1Br. The van der Waals surface area contributed by atoms with Crippen molar-refractivity contribution in [2.75, 3.05) is 0 Å². The van der Waals surface area contributed by atoms with Crippen LogP contribution in [0.5, 0.6) is 0 Å². The maximum absolute atomic E-state index is 10.1. The van der Waals surface area contributed by atoms with Gasteiger partial charge in [0.15, 0.2) is 0 Å². The second-order valence-corrected chi connectivity index (χ2v) is 4.72. The third-order valence-electron chi connectivity index (χ3n) is 2.63. The Morgan fingerprint density at radius 3 is 2.31 bits per heavy atom. The molecule has 0 aliphatic rings. The summed E-state index contributed by atoms with van der Waals surface area (Å²) in [6.45, 7) is 4.03. The number of aliphatic hydroxyl groups excluding tert-OH is 1. The molecule has 0 fully saturated rings. The third kappa shape index (κ3) is 2.06. The van der Waals surface area contributed by atoms with Gasteiger partial charge in [-0.3, -0.25) is 0 Å². The van der Waals surface area contributed by atoms with Crippen molar-refractivity contribution in [3.8, 4) is 0 Å². The standard InChI is InChI=1S/C13H13BrO2/c1-8-5-11(6-9(2)12(8)14)13(15)10-3-4-16-7-10/h3-7,13,15H,1-2H3. The highest BCUT2D eigenvalue weighted by atomic mass is 79.9. The van der Waals surface area contributed by atoms with Crippen LogP contribution in [0.1, 0.15) is 28.4 Å². The lowest BCUT2D eigenvalue weighted by molar-refractivity contribution is 0.219. The summed E-state index contributed by atoms with van der Waals surface area (Å²) in [6, 6.07) is 5.74. The van der Waals surface area contributed by atoms with Gasteiger partial charge < -0.3 is 9.52 Å². The molecule has 0 aliphatic carbocycles. The minimum atomic E-state index is -0.621. The molecule has 1 N–H and O–H groups in total. The van der Waals surface area contributed by atoms with Gasteiger partial charge in [-0.05, 0) is 36.6 Å². The highest BCUT2D eigenvalue weighted by Gasteiger charge is 2.13. The fourth-order valence-electron chi connectivity index (χ4n) is 1.76. The van der Waals surface area contributed by atoms with Gasteiger partial charge in [0.2, 0.25) is 0 Å². The lowest BCUT2D eigenvalue weighted by Crippen LogP contribution is -1.99. The predicted molar refractivity (Wildman–Crippen MR) is 66.4 cm³/mol. The molecule has 0 radical (unpaired) electrons. The molecule has 0 bridgehead atoms. The van der Waals surface area contributed by atoms with E-state index in [1.807, 2.05) is 26.0 Å². The Morgan fingerprint density at radius 2 is 1.81 bits per heavy atom. The van der Waals surface area contributed by atoms with Crippen molar-refractivity contribution in [1.29, 1.82) is 0 Å². The van der Waals surface area contributed by atoms with Crippen LogP contribution in [0.25, 0.3) is 0 Å². The van der Waals surface area contributed by atoms with E-state index in [0.717, 1.165) is 26.7 Å². The largest absolute Gasteiger partial charge is 0.472 e. The summed E-state index contributed by atoms with van der Waals surface area (Å²) < 4.78 is 6.07. The fraction of sp³-hybridized carbons (Fsp3) is 0.231. The number of aliphatic hydroxyl groups is 1. The molecule has 16 heavy (non-hydrogen) atoms. The Kier molecular flexibility index (Phi) is 3.17. The number of benzene rings is 1. The minimum absolute atomic E-state index is 0.621. The summed E-state index contributed by atoms with van der Waals surface area (Å²) in [6.07, 6.45) is 2.51. The maximum Gasteiger partial charge on any atom is 0.107 e. The number of aryl methyl sites for hydroxylation is 2. The normalized spacial score (nSPS) is 12.8. The van der Waals surface area contributed by atoms with Crippen molar-refractivity contribution in [2.45, 2.75) is 20.0 Å². The van der Waals surface area contributed by atoms with Crippen LogP contribution in [0.2, 0.25) is 0 Å². The predicted octanol–water partition coefficient (Wildman–Crippen LogP) is 3.74. The van der Waals surface area contributed by atoms with Crippen LogP contribution >= 0.6 is 15.9 Å². The molecule has 1 heterocycles. The summed E-state index contributed by atoms with van der Waals surface area (Å²) >= 11 is 3.51. The lowest BCUT2D eigenvalue weighted by atomic mass is 10.00. The van der Waals surface area contributed by atoms with Crippen LogP contribution in [-0.2, 0) is 0 Å². The quantitative estimate of drug-likeness (QED) is 0.909. The first-order valence-corrected chi connectivity index (χ1v) is 5.85. The third-order valence-corrected chi connectivity index (χ3v) is 3.88. The first-order valence-electron chi connectivity index (χ1n) is 5.06. The second kappa shape index (κ2) is 4.44. The van der Waals surface area contributed by atoms with Crippen LogP contribution in [0.3, 0.4) is 0 Å². The van der Waals surface area contributed by atoms with Gasteiger partial charge in [-0.15, -0.1) is 0 Å². The molecular formula is C13H13BrO2. The van der Waals surface area contributed by atoms with E-state index in [4.69, 9.17) is 4.42 Å². The van der Waals surface area contributed by atoms with Crippen molar-refractivity contribution >= 4 is 15.9 Å². The van der Waals surface area contributed by atoms with E-state index in [2.05, 4.69) is 15.9 Å². The van der Waals surface area contributed by atoms with Gasteiger partial charge in [-0.2, -0.15) is 0 Å². The van der Waals surface area contributed by atoms with Crippen LogP contribution in [-0.4, -0.2) is 5.11 Å². The topological polar surface area (TPSA) is 33.4 Å². The monoisotopic (exact) mass is 280 g/mol. The van der Waals surface area contributed by atoms with Crippen molar-refractivity contribution in [1.82, 2.24) is 0 Å². The number of furan rings is 1. The van der Waals surface area contributed by atoms with Gasteiger partial charge >= 0.3 is 0 Å². The van der Waals surface area contributed by atoms with Gasteiger partial charge in [0, 0.05) is 10.0 Å². The molecule has 1 aromatic carbocycles. The van der Waals surface area contributed by atoms with Crippen molar-refractivity contribution < 1.29 is 9.52 Å². The highest BCUT2D eigenvalue weighted by Crippen LogP contribution is 2.28. The van der Waals surface area contributed by atoms with E-state index in [1.54, 1.807) is 18.6 Å². The molecular weight excluding hydrogens is 268 g/mol. The Labute approximate surface area is 103 Å². The van der Waals surface area contributed by atoms with Gasteiger partial charge in [0.05, 0.1) is 12.5 Å². The summed E-state index contributed by atoms with van der Waals surface area (Å²) in [5.41, 5.74) is 3.91. The van der Waals surface area contributed by atoms with Crippen molar-refractivity contribution in [2.24, 2.45) is 0 Å². The highest BCUT2D eigenvalue weighted by molar-refractivity contribution is 9.10. The smallest absolute Gasteiger partial charge is 0.107 e. The molecule has 0 amide bonds. The Balaban J connectivity index is 2.42. The molecule has 1 atom stereocenters. The van der Waals surface area contributed by atoms with Crippen LogP contribution in [0.15, 0.2) is 39.6 Å². The summed E-state index contributed by atoms with van der Waals surface area (Å²) in [5, 5.41) is 10.1. The van der Waals surface area contributed by atoms with E-state index in [9.17, 15) is 5.11 Å². The maximum atomic E-state index is 10.1. The number of hydrogen-bond donors (Lipinski definition) is 1. The molecule has 0 aliphatic heterocycles. The first kappa shape index (κ1) is 11.4. The van der Waals surface area contributed by atoms with E-state index in [0.29, 0.717) is 0 Å². The molecule has 84 valence electrons. The number of rotatable bonds is 2. The summed E-state index contributed by atoms with van der Waals surface area (Å²) in [7, 11) is 0. The van der Waals surface area contributed by atoms with E-state index in [1.165, 1.54) is 0 Å². The number of halogens is 1. The number of hydrogen-bond acceptors (Lipinski definition) is 2. The summed E-state index contributed by atoms with van der Waals surface area (Å²) in [4.78, 5) is 0. The van der Waals surface area contributed by atoms with Crippen LogP contribution in [0.4, 0.5) is 0 Å². The fourth-order valence-corrected chi connectivity index (χ4v) is 1.99. The second-order valence-electron chi connectivity index (χ2n) is 3.93. The molecule has 2 aromatic rings. The van der Waals surface area contributed by atoms with Crippen LogP contribution < -0.4 is 0 Å². The molecule has 2 nitrogen and oxygen atoms in total. The van der Waals surface area contributed by atoms with Gasteiger partial charge in [-0.25, -0.2) is 0 Å². The average Bonchev–Trinajstić information content (AvgIpc) is 2.77. The van der Waals surface area contributed by atoms with E-state index >= 15 is 0 Å². The Bertz CT molecular complexity index is 466. The van der Waals surface area contributed by atoms with E-state index < -0.39 is 6.10 Å². The van der Waals surface area contributed by atoms with Gasteiger partial charge in [-0.1, -0.05) is 28.1 Å². The van der Waals surface area contributed by atoms with Gasteiger partial charge in [0.25, 0.3) is 0 Å². The zero-order valence-corrected chi connectivity index (χ0v) is 10.8. The van der Waals surface area contributed by atoms with Crippen molar-refractivity contribution in [3.05, 3.63) is 57.5 Å². The molecule has 3 heteroatoms. The first-order chi connectivity index (χ1) is 7.59. The van der Waals surface area contributed by atoms with Gasteiger partial charge in [0.1, 0.15) is 6.10 Å². The summed E-state index contributed by atoms with van der Waals surface area (Å²) in [5.74, 6) is 0. The molecule has 1 unspecified atom stereocenters. The Morgan fingerprint density at radius 1 is 1.19 bits per heavy atom. The molecule has 1 aromatic heterocycles. The molecule has 2 rings (SSSR count). The average molecular weight is 281 g/mol. The molecule has 0 spiro atoms.